The number of carbonyl (C=O) groups excluding carboxylic acids is 1. The number of thiophene rings is 1. The maximum Gasteiger partial charge on any atom is 0.222 e. The highest BCUT2D eigenvalue weighted by molar-refractivity contribution is 7.09. The third-order valence-corrected chi connectivity index (χ3v) is 4.06. The summed E-state index contributed by atoms with van der Waals surface area (Å²) in [6.45, 7) is 0.454. The molecule has 4 heteroatoms. The van der Waals surface area contributed by atoms with E-state index in [4.69, 9.17) is 0 Å². The molecule has 2 rings (SSSR count). The predicted molar refractivity (Wildman–Crippen MR) is 80.1 cm³/mol. The molecule has 0 N–H and O–H groups in total. The zero-order valence-corrected chi connectivity index (χ0v) is 12.3. The lowest BCUT2D eigenvalue weighted by Gasteiger charge is -2.17. The molecular formula is C16H18FNOS. The summed E-state index contributed by atoms with van der Waals surface area (Å²) in [6.07, 6.45) is 2.33. The van der Waals surface area contributed by atoms with Gasteiger partial charge in [-0.05, 0) is 42.0 Å². The Bertz CT molecular complexity index is 553. The van der Waals surface area contributed by atoms with Gasteiger partial charge in [-0.3, -0.25) is 4.79 Å². The minimum atomic E-state index is -0.263. The van der Waals surface area contributed by atoms with Crippen LogP contribution in [0.3, 0.4) is 0 Å². The van der Waals surface area contributed by atoms with Gasteiger partial charge in [0.2, 0.25) is 5.91 Å². The molecule has 1 heterocycles. The van der Waals surface area contributed by atoms with Crippen molar-refractivity contribution in [2.75, 3.05) is 7.05 Å². The highest BCUT2D eigenvalue weighted by atomic mass is 32.1. The minimum Gasteiger partial charge on any atom is -0.341 e. The Morgan fingerprint density at radius 1 is 1.30 bits per heavy atom. The second-order valence-corrected chi connectivity index (χ2v) is 5.84. The van der Waals surface area contributed by atoms with Gasteiger partial charge in [-0.2, -0.15) is 0 Å². The van der Waals surface area contributed by atoms with Crippen molar-refractivity contribution >= 4 is 17.2 Å². The monoisotopic (exact) mass is 291 g/mol. The molecule has 2 nitrogen and oxygen atoms in total. The van der Waals surface area contributed by atoms with Crippen LogP contribution in [0.1, 0.15) is 23.3 Å². The summed E-state index contributed by atoms with van der Waals surface area (Å²) in [6, 6.07) is 10.5. The number of rotatable bonds is 6. The van der Waals surface area contributed by atoms with Crippen molar-refractivity contribution in [3.63, 3.8) is 0 Å². The Balaban J connectivity index is 1.77. The van der Waals surface area contributed by atoms with Gasteiger partial charge >= 0.3 is 0 Å². The molecular weight excluding hydrogens is 273 g/mol. The van der Waals surface area contributed by atoms with Crippen molar-refractivity contribution in [2.45, 2.75) is 25.8 Å². The normalized spacial score (nSPS) is 10.5. The van der Waals surface area contributed by atoms with Crippen molar-refractivity contribution in [3.8, 4) is 0 Å². The van der Waals surface area contributed by atoms with Crippen molar-refractivity contribution in [3.05, 3.63) is 58.0 Å². The molecule has 0 spiro atoms. The molecule has 0 aliphatic heterocycles. The van der Waals surface area contributed by atoms with E-state index in [9.17, 15) is 9.18 Å². The Morgan fingerprint density at radius 2 is 2.15 bits per heavy atom. The van der Waals surface area contributed by atoms with E-state index in [1.165, 1.54) is 17.0 Å². The Morgan fingerprint density at radius 3 is 2.85 bits per heavy atom. The van der Waals surface area contributed by atoms with Gasteiger partial charge in [0, 0.05) is 24.9 Å². The van der Waals surface area contributed by atoms with E-state index in [1.807, 2.05) is 17.5 Å². The minimum absolute atomic E-state index is 0.103. The van der Waals surface area contributed by atoms with Crippen LogP contribution < -0.4 is 0 Å². The number of nitrogens with zero attached hydrogens (tertiary/aromatic N) is 1. The molecule has 106 valence electrons. The Kier molecular flexibility index (Phi) is 5.30. The fraction of sp³-hybridized carbons (Fsp3) is 0.312. The first-order valence-corrected chi connectivity index (χ1v) is 7.54. The van der Waals surface area contributed by atoms with E-state index in [0.29, 0.717) is 13.0 Å². The lowest BCUT2D eigenvalue weighted by Crippen LogP contribution is -2.26. The van der Waals surface area contributed by atoms with E-state index in [0.717, 1.165) is 18.4 Å². The highest BCUT2D eigenvalue weighted by Gasteiger charge is 2.09. The fourth-order valence-electron chi connectivity index (χ4n) is 2.06. The van der Waals surface area contributed by atoms with Crippen LogP contribution >= 0.6 is 11.3 Å². The summed E-state index contributed by atoms with van der Waals surface area (Å²) >= 11 is 1.72. The van der Waals surface area contributed by atoms with E-state index < -0.39 is 0 Å². The molecule has 0 unspecified atom stereocenters. The van der Waals surface area contributed by atoms with Crippen LogP contribution in [0, 0.1) is 5.82 Å². The largest absolute Gasteiger partial charge is 0.341 e. The summed E-state index contributed by atoms with van der Waals surface area (Å²) < 4.78 is 13.1. The topological polar surface area (TPSA) is 20.3 Å². The summed E-state index contributed by atoms with van der Waals surface area (Å²) in [4.78, 5) is 15.0. The Hall–Kier alpha value is -1.68. The quantitative estimate of drug-likeness (QED) is 0.791. The molecule has 0 fully saturated rings. The molecule has 0 atom stereocenters. The number of amides is 1. The number of carbonyl (C=O) groups is 1. The van der Waals surface area contributed by atoms with E-state index in [2.05, 4.69) is 6.07 Å². The third-order valence-electron chi connectivity index (χ3n) is 3.13. The number of hydrogen-bond donors (Lipinski definition) is 0. The first-order valence-electron chi connectivity index (χ1n) is 6.66. The van der Waals surface area contributed by atoms with Gasteiger partial charge in [0.15, 0.2) is 0 Å². The zero-order valence-electron chi connectivity index (χ0n) is 11.5. The first-order chi connectivity index (χ1) is 9.65. The third kappa shape index (κ3) is 4.46. The van der Waals surface area contributed by atoms with Gasteiger partial charge in [0.25, 0.3) is 0 Å². The van der Waals surface area contributed by atoms with E-state index in [-0.39, 0.29) is 11.7 Å². The number of benzene rings is 1. The molecule has 0 bridgehead atoms. The molecule has 1 aromatic heterocycles. The number of aryl methyl sites for hydroxylation is 1. The van der Waals surface area contributed by atoms with Crippen LogP contribution in [-0.2, 0) is 17.8 Å². The van der Waals surface area contributed by atoms with Crippen LogP contribution in [0.2, 0.25) is 0 Å². The van der Waals surface area contributed by atoms with E-state index in [1.54, 1.807) is 29.4 Å². The molecule has 1 aromatic carbocycles. The van der Waals surface area contributed by atoms with Crippen molar-refractivity contribution in [2.24, 2.45) is 0 Å². The van der Waals surface area contributed by atoms with Crippen LogP contribution in [0.5, 0.6) is 0 Å². The lowest BCUT2D eigenvalue weighted by atomic mass is 10.1. The summed E-state index contributed by atoms with van der Waals surface area (Å²) in [5.41, 5.74) is 0.819. The Labute approximate surface area is 122 Å². The molecule has 20 heavy (non-hydrogen) atoms. The lowest BCUT2D eigenvalue weighted by molar-refractivity contribution is -0.130. The molecule has 1 amide bonds. The van der Waals surface area contributed by atoms with Crippen molar-refractivity contribution in [1.82, 2.24) is 4.90 Å². The van der Waals surface area contributed by atoms with Crippen LogP contribution in [0.25, 0.3) is 0 Å². The van der Waals surface area contributed by atoms with Crippen molar-refractivity contribution in [1.29, 1.82) is 0 Å². The van der Waals surface area contributed by atoms with E-state index >= 15 is 0 Å². The predicted octanol–water partition coefficient (Wildman–Crippen LogP) is 3.87. The average molecular weight is 291 g/mol. The summed E-state index contributed by atoms with van der Waals surface area (Å²) in [5.74, 6) is -0.160. The van der Waals surface area contributed by atoms with Crippen molar-refractivity contribution < 1.29 is 9.18 Å². The second-order valence-electron chi connectivity index (χ2n) is 4.81. The molecule has 2 aromatic rings. The maximum atomic E-state index is 13.1. The number of hydrogen-bond acceptors (Lipinski definition) is 2. The maximum absolute atomic E-state index is 13.1. The summed E-state index contributed by atoms with van der Waals surface area (Å²) in [5, 5.41) is 2.05. The molecule has 0 aliphatic carbocycles. The highest BCUT2D eigenvalue weighted by Crippen LogP contribution is 2.13. The van der Waals surface area contributed by atoms with Gasteiger partial charge in [-0.15, -0.1) is 11.3 Å². The van der Waals surface area contributed by atoms with Gasteiger partial charge in [-0.1, -0.05) is 18.2 Å². The van der Waals surface area contributed by atoms with Crippen LogP contribution in [0.15, 0.2) is 41.8 Å². The van der Waals surface area contributed by atoms with Gasteiger partial charge in [0.1, 0.15) is 5.82 Å². The smallest absolute Gasteiger partial charge is 0.222 e. The molecule has 0 saturated carbocycles. The van der Waals surface area contributed by atoms with Gasteiger partial charge in [-0.25, -0.2) is 4.39 Å². The average Bonchev–Trinajstić information content (AvgIpc) is 2.91. The van der Waals surface area contributed by atoms with Gasteiger partial charge in [0.05, 0.1) is 0 Å². The second kappa shape index (κ2) is 7.20. The zero-order chi connectivity index (χ0) is 14.4. The standard InChI is InChI=1S/C16H18FNOS/c1-18(12-13-5-2-6-14(17)11-13)16(19)9-3-7-15-8-4-10-20-15/h2,4-6,8,10-11H,3,7,9,12H2,1H3. The SMILES string of the molecule is CN(Cc1cccc(F)c1)C(=O)CCCc1cccs1. The van der Waals surface area contributed by atoms with Gasteiger partial charge < -0.3 is 4.90 Å². The fourth-order valence-corrected chi connectivity index (χ4v) is 2.81. The van der Waals surface area contributed by atoms with Crippen LogP contribution in [-0.4, -0.2) is 17.9 Å². The molecule has 0 aliphatic rings. The molecule has 0 saturated heterocycles. The van der Waals surface area contributed by atoms with Crippen LogP contribution in [0.4, 0.5) is 4.39 Å². The molecule has 0 radical (unpaired) electrons. The number of halogens is 1. The first kappa shape index (κ1) is 14.7. The summed E-state index contributed by atoms with van der Waals surface area (Å²) in [7, 11) is 1.76.